The number of hydrogen-bond acceptors (Lipinski definition) is 9. The van der Waals surface area contributed by atoms with E-state index in [-0.39, 0.29) is 30.0 Å². The van der Waals surface area contributed by atoms with Crippen molar-refractivity contribution in [1.82, 2.24) is 4.98 Å². The lowest BCUT2D eigenvalue weighted by Crippen LogP contribution is -2.35. The zero-order valence-corrected chi connectivity index (χ0v) is 22.0. The molecule has 2 heterocycles. The zero-order valence-electron chi connectivity index (χ0n) is 21.2. The molecule has 0 amide bonds. The van der Waals surface area contributed by atoms with Crippen molar-refractivity contribution in [3.63, 3.8) is 0 Å². The van der Waals surface area contributed by atoms with Crippen molar-refractivity contribution in [1.29, 1.82) is 0 Å². The van der Waals surface area contributed by atoms with E-state index < -0.39 is 22.8 Å². The van der Waals surface area contributed by atoms with Crippen LogP contribution in [-0.4, -0.2) is 35.1 Å². The number of nitro groups is 1. The Kier molecular flexibility index (Phi) is 7.40. The quantitative estimate of drug-likeness (QED) is 0.218. The van der Waals surface area contributed by atoms with Crippen molar-refractivity contribution in [2.45, 2.75) is 40.5 Å². The summed E-state index contributed by atoms with van der Waals surface area (Å²) < 4.78 is 11.8. The number of thiazole rings is 1. The fourth-order valence-electron chi connectivity index (χ4n) is 4.56. The van der Waals surface area contributed by atoms with Crippen LogP contribution < -0.4 is 4.90 Å². The molecule has 9 nitrogen and oxygen atoms in total. The van der Waals surface area contributed by atoms with Crippen LogP contribution in [0.1, 0.15) is 44.7 Å². The van der Waals surface area contributed by atoms with Crippen LogP contribution in [0.3, 0.4) is 0 Å². The number of non-ortho nitro benzene ring substituents is 1. The summed E-state index contributed by atoms with van der Waals surface area (Å²) in [6.07, 6.45) is 0. The molecule has 0 N–H and O–H groups in total. The Balaban J connectivity index is 2.01. The van der Waals surface area contributed by atoms with Gasteiger partial charge in [0.15, 0.2) is 5.13 Å². The highest BCUT2D eigenvalue weighted by molar-refractivity contribution is 7.22. The van der Waals surface area contributed by atoms with E-state index in [2.05, 4.69) is 0 Å². The van der Waals surface area contributed by atoms with Crippen molar-refractivity contribution in [3.05, 3.63) is 86.2 Å². The third-order valence-corrected chi connectivity index (χ3v) is 7.16. The number of allylic oxidation sites excluding steroid dienone is 2. The highest BCUT2D eigenvalue weighted by Crippen LogP contribution is 2.46. The molecule has 0 aliphatic carbocycles. The minimum Gasteiger partial charge on any atom is -0.463 e. The lowest BCUT2D eigenvalue weighted by molar-refractivity contribution is -0.384. The molecular weight excluding hydrogens is 494 g/mol. The van der Waals surface area contributed by atoms with Crippen molar-refractivity contribution in [3.8, 4) is 0 Å². The van der Waals surface area contributed by atoms with Crippen molar-refractivity contribution >= 4 is 44.3 Å². The topological polar surface area (TPSA) is 112 Å². The fraction of sp³-hybridized carbons (Fsp3) is 0.296. The average molecular weight is 522 g/mol. The molecule has 0 atom stereocenters. The summed E-state index contributed by atoms with van der Waals surface area (Å²) in [5, 5.41) is 12.1. The summed E-state index contributed by atoms with van der Waals surface area (Å²) in [6.45, 7) is 9.15. The van der Waals surface area contributed by atoms with Crippen LogP contribution in [0, 0.1) is 17.0 Å². The number of nitrogens with zero attached hydrogens (tertiary/aromatic N) is 3. The van der Waals surface area contributed by atoms with Gasteiger partial charge in [-0.2, -0.15) is 0 Å². The maximum absolute atomic E-state index is 13.4. The molecule has 0 saturated heterocycles. The molecule has 4 rings (SSSR count). The fourth-order valence-corrected chi connectivity index (χ4v) is 5.73. The largest absolute Gasteiger partial charge is 0.463 e. The number of aryl methyl sites for hydroxylation is 1. The van der Waals surface area contributed by atoms with Crippen molar-refractivity contribution in [2.24, 2.45) is 0 Å². The lowest BCUT2D eigenvalue weighted by Gasteiger charge is -2.36. The van der Waals surface area contributed by atoms with E-state index in [4.69, 9.17) is 14.5 Å². The summed E-state index contributed by atoms with van der Waals surface area (Å²) >= 11 is 1.44. The monoisotopic (exact) mass is 521 g/mol. The Hall–Kier alpha value is -4.05. The van der Waals surface area contributed by atoms with Gasteiger partial charge < -0.3 is 9.47 Å². The SMILES string of the molecule is CCOC(=O)C1=C(C)N(c2nc3ccc(C)cc3s2)C(C)=C(C(=O)OCC)C1c1cccc([N+](=O)[O-])c1. The average Bonchev–Trinajstić information content (AvgIpc) is 3.26. The molecule has 2 aromatic carbocycles. The molecule has 1 aliphatic heterocycles. The number of carbonyl (C=O) groups is 2. The highest BCUT2D eigenvalue weighted by atomic mass is 32.1. The van der Waals surface area contributed by atoms with Gasteiger partial charge in [-0.15, -0.1) is 0 Å². The van der Waals surface area contributed by atoms with Gasteiger partial charge in [0.2, 0.25) is 0 Å². The highest BCUT2D eigenvalue weighted by Gasteiger charge is 2.42. The second kappa shape index (κ2) is 10.5. The summed E-state index contributed by atoms with van der Waals surface area (Å²) in [5.41, 5.74) is 3.60. The Bertz CT molecular complexity index is 1430. The number of aromatic nitrogens is 1. The molecule has 0 fully saturated rings. The molecule has 1 aliphatic rings. The predicted octanol–water partition coefficient (Wildman–Crippen LogP) is 5.79. The van der Waals surface area contributed by atoms with Crippen molar-refractivity contribution < 1.29 is 24.0 Å². The number of anilines is 1. The molecule has 1 aromatic heterocycles. The van der Waals surface area contributed by atoms with Crippen LogP contribution in [0.15, 0.2) is 65.0 Å². The van der Waals surface area contributed by atoms with Crippen LogP contribution in [0.4, 0.5) is 10.8 Å². The number of esters is 2. The van der Waals surface area contributed by atoms with Gasteiger partial charge in [0, 0.05) is 23.5 Å². The van der Waals surface area contributed by atoms with Crippen LogP contribution in [-0.2, 0) is 19.1 Å². The van der Waals surface area contributed by atoms with Crippen LogP contribution >= 0.6 is 11.3 Å². The second-order valence-electron chi connectivity index (χ2n) is 8.53. The molecule has 192 valence electrons. The molecule has 0 radical (unpaired) electrons. The number of fused-ring (bicyclic) bond motifs is 1. The number of rotatable bonds is 7. The Morgan fingerprint density at radius 3 is 2.19 bits per heavy atom. The van der Waals surface area contributed by atoms with E-state index in [1.807, 2.05) is 25.1 Å². The summed E-state index contributed by atoms with van der Waals surface area (Å²) in [5.74, 6) is -2.16. The van der Waals surface area contributed by atoms with Gasteiger partial charge in [-0.1, -0.05) is 29.5 Å². The Morgan fingerprint density at radius 1 is 1.00 bits per heavy atom. The summed E-state index contributed by atoms with van der Waals surface area (Å²) in [4.78, 5) is 44.4. The van der Waals surface area contributed by atoms with Gasteiger partial charge in [-0.3, -0.25) is 15.0 Å². The first-order valence-electron chi connectivity index (χ1n) is 11.8. The molecule has 37 heavy (non-hydrogen) atoms. The summed E-state index contributed by atoms with van der Waals surface area (Å²) in [6, 6.07) is 11.9. The third-order valence-electron chi connectivity index (χ3n) is 6.16. The minimum atomic E-state index is -0.925. The Morgan fingerprint density at radius 2 is 1.62 bits per heavy atom. The van der Waals surface area contributed by atoms with Crippen LogP contribution in [0.25, 0.3) is 10.2 Å². The maximum Gasteiger partial charge on any atom is 0.336 e. The van der Waals surface area contributed by atoms with Gasteiger partial charge in [0.1, 0.15) is 0 Å². The number of ether oxygens (including phenoxy) is 2. The number of nitro benzene ring substituents is 1. The lowest BCUT2D eigenvalue weighted by atomic mass is 9.79. The molecule has 0 saturated carbocycles. The normalized spacial score (nSPS) is 14.4. The molecule has 0 unspecified atom stereocenters. The van der Waals surface area contributed by atoms with E-state index >= 15 is 0 Å². The maximum atomic E-state index is 13.4. The van der Waals surface area contributed by atoms with E-state index in [9.17, 15) is 19.7 Å². The molecule has 3 aromatic rings. The van der Waals surface area contributed by atoms with Gasteiger partial charge in [-0.25, -0.2) is 14.6 Å². The van der Waals surface area contributed by atoms with Gasteiger partial charge >= 0.3 is 11.9 Å². The van der Waals surface area contributed by atoms with E-state index in [1.54, 1.807) is 38.7 Å². The smallest absolute Gasteiger partial charge is 0.336 e. The first-order valence-corrected chi connectivity index (χ1v) is 12.7. The minimum absolute atomic E-state index is 0.120. The summed E-state index contributed by atoms with van der Waals surface area (Å²) in [7, 11) is 0. The molecule has 10 heteroatoms. The zero-order chi connectivity index (χ0) is 26.9. The van der Waals surface area contributed by atoms with E-state index in [0.717, 1.165) is 15.8 Å². The number of hydrogen-bond donors (Lipinski definition) is 0. The molecule has 0 spiro atoms. The molecular formula is C27H27N3O6S. The first kappa shape index (κ1) is 26.0. The standard InChI is InChI=1S/C27H27N3O6S/c1-6-35-25(31)22-16(4)29(27-28-20-12-11-15(3)13-21(20)37-27)17(5)23(26(32)36-7-2)24(22)18-9-8-10-19(14-18)30(33)34/h8-14,24H,6-7H2,1-5H3. The number of carbonyl (C=O) groups excluding carboxylic acids is 2. The first-order chi connectivity index (χ1) is 17.7. The van der Waals surface area contributed by atoms with Gasteiger partial charge in [0.05, 0.1) is 45.4 Å². The van der Waals surface area contributed by atoms with Crippen LogP contribution in [0.5, 0.6) is 0 Å². The second-order valence-corrected chi connectivity index (χ2v) is 9.54. The van der Waals surface area contributed by atoms with Gasteiger partial charge in [-0.05, 0) is 57.9 Å². The van der Waals surface area contributed by atoms with Crippen molar-refractivity contribution in [2.75, 3.05) is 18.1 Å². The van der Waals surface area contributed by atoms with E-state index in [0.29, 0.717) is 22.1 Å². The van der Waals surface area contributed by atoms with Crippen LogP contribution in [0.2, 0.25) is 0 Å². The third kappa shape index (κ3) is 4.84. The number of benzene rings is 2. The molecule has 0 bridgehead atoms. The Labute approximate surface area is 218 Å². The van der Waals surface area contributed by atoms with Gasteiger partial charge in [0.25, 0.3) is 5.69 Å². The van der Waals surface area contributed by atoms with E-state index in [1.165, 1.54) is 29.5 Å². The predicted molar refractivity (Wildman–Crippen MR) is 141 cm³/mol.